The second-order valence-corrected chi connectivity index (χ2v) is 5.54. The van der Waals surface area contributed by atoms with E-state index in [1.54, 1.807) is 11.1 Å². The summed E-state index contributed by atoms with van der Waals surface area (Å²) < 4.78 is 5.77. The number of rotatable bonds is 2. The van der Waals surface area contributed by atoms with Gasteiger partial charge in [0, 0.05) is 18.9 Å². The molecule has 0 saturated carbocycles. The van der Waals surface area contributed by atoms with Gasteiger partial charge < -0.3 is 9.64 Å². The lowest BCUT2D eigenvalue weighted by molar-refractivity contribution is -0.0249. The number of hydrogen-bond acceptors (Lipinski definition) is 4. The highest BCUT2D eigenvalue weighted by atomic mass is 16.5. The first-order chi connectivity index (χ1) is 10.6. The van der Waals surface area contributed by atoms with Crippen molar-refractivity contribution < 1.29 is 9.53 Å². The number of amides is 1. The summed E-state index contributed by atoms with van der Waals surface area (Å²) in [6, 6.07) is 7.71. The van der Waals surface area contributed by atoms with Crippen LogP contribution in [0, 0.1) is 13.8 Å². The molecule has 3 heterocycles. The second kappa shape index (κ2) is 6.23. The molecule has 0 bridgehead atoms. The first-order valence-corrected chi connectivity index (χ1v) is 7.40. The van der Waals surface area contributed by atoms with Gasteiger partial charge in [-0.2, -0.15) is 0 Å². The van der Waals surface area contributed by atoms with E-state index in [9.17, 15) is 4.79 Å². The van der Waals surface area contributed by atoms with E-state index in [0.29, 0.717) is 25.4 Å². The highest BCUT2D eigenvalue weighted by Crippen LogP contribution is 2.22. The van der Waals surface area contributed by atoms with Gasteiger partial charge in [0.2, 0.25) is 0 Å². The maximum absolute atomic E-state index is 12.6. The van der Waals surface area contributed by atoms with Gasteiger partial charge in [-0.05, 0) is 37.1 Å². The predicted molar refractivity (Wildman–Crippen MR) is 82.5 cm³/mol. The van der Waals surface area contributed by atoms with Gasteiger partial charge >= 0.3 is 0 Å². The maximum atomic E-state index is 12.6. The summed E-state index contributed by atoms with van der Waals surface area (Å²) in [5.74, 6) is -0.0430. The van der Waals surface area contributed by atoms with Crippen molar-refractivity contribution in [1.29, 1.82) is 0 Å². The third-order valence-electron chi connectivity index (χ3n) is 3.83. The van der Waals surface area contributed by atoms with E-state index in [-0.39, 0.29) is 12.0 Å². The predicted octanol–water partition coefficient (Wildman–Crippen LogP) is 2.31. The quantitative estimate of drug-likeness (QED) is 0.853. The lowest BCUT2D eigenvalue weighted by Gasteiger charge is -2.32. The molecule has 1 fully saturated rings. The lowest BCUT2D eigenvalue weighted by atomic mass is 10.1. The van der Waals surface area contributed by atoms with Gasteiger partial charge in [0.15, 0.2) is 0 Å². The Morgan fingerprint density at radius 3 is 2.86 bits per heavy atom. The first kappa shape index (κ1) is 14.7. The molecule has 114 valence electrons. The zero-order valence-electron chi connectivity index (χ0n) is 12.8. The fraction of sp³-hybridized carbons (Fsp3) is 0.353. The Kier molecular flexibility index (Phi) is 4.15. The number of ether oxygens (including phenoxy) is 1. The Bertz CT molecular complexity index is 670. The number of morpholine rings is 1. The van der Waals surface area contributed by atoms with Crippen LogP contribution < -0.4 is 0 Å². The van der Waals surface area contributed by atoms with Crippen LogP contribution in [-0.4, -0.2) is 40.5 Å². The summed E-state index contributed by atoms with van der Waals surface area (Å²) in [4.78, 5) is 23.1. The Balaban J connectivity index is 1.77. The van der Waals surface area contributed by atoms with Crippen LogP contribution in [0.25, 0.3) is 0 Å². The van der Waals surface area contributed by atoms with E-state index in [1.165, 1.54) is 0 Å². The number of carbonyl (C=O) groups is 1. The molecule has 5 nitrogen and oxygen atoms in total. The van der Waals surface area contributed by atoms with Crippen LogP contribution in [0.4, 0.5) is 0 Å². The smallest absolute Gasteiger partial charge is 0.272 e. The highest BCUT2D eigenvalue weighted by Gasteiger charge is 2.28. The second-order valence-electron chi connectivity index (χ2n) is 5.54. The molecule has 0 unspecified atom stereocenters. The van der Waals surface area contributed by atoms with Gasteiger partial charge in [0.25, 0.3) is 5.91 Å². The van der Waals surface area contributed by atoms with E-state index in [4.69, 9.17) is 4.74 Å². The third kappa shape index (κ3) is 2.99. The molecule has 3 rings (SSSR count). The summed E-state index contributed by atoms with van der Waals surface area (Å²) in [5, 5.41) is 0. The van der Waals surface area contributed by atoms with Crippen molar-refractivity contribution in [3.05, 3.63) is 59.2 Å². The molecule has 1 aliphatic rings. The van der Waals surface area contributed by atoms with Crippen LogP contribution in [-0.2, 0) is 4.74 Å². The number of hydrogen-bond donors (Lipinski definition) is 0. The minimum atomic E-state index is -0.178. The molecule has 22 heavy (non-hydrogen) atoms. The summed E-state index contributed by atoms with van der Waals surface area (Å²) in [5.41, 5.74) is 3.38. The standard InChI is InChI=1S/C17H19N3O2/c1-12-5-6-14(19-10-12)15-11-20(8-9-22-15)17(21)16-13(2)4-3-7-18-16/h3-7,10,15H,8-9,11H2,1-2H3/t15-/m1/s1. The SMILES string of the molecule is Cc1ccc([C@H]2CN(C(=O)c3ncccc3C)CCO2)nc1. The average Bonchev–Trinajstić information content (AvgIpc) is 2.55. The Morgan fingerprint density at radius 1 is 1.27 bits per heavy atom. The van der Waals surface area contributed by atoms with Crippen LogP contribution in [0.2, 0.25) is 0 Å². The summed E-state index contributed by atoms with van der Waals surface area (Å²) >= 11 is 0. The van der Waals surface area contributed by atoms with E-state index < -0.39 is 0 Å². The molecule has 0 aliphatic carbocycles. The van der Waals surface area contributed by atoms with Crippen molar-refractivity contribution >= 4 is 5.91 Å². The van der Waals surface area contributed by atoms with Gasteiger partial charge in [-0.3, -0.25) is 14.8 Å². The minimum absolute atomic E-state index is 0.0430. The summed E-state index contributed by atoms with van der Waals surface area (Å²) in [6.45, 7) is 5.50. The normalized spacial score (nSPS) is 18.3. The van der Waals surface area contributed by atoms with Crippen LogP contribution in [0.3, 0.4) is 0 Å². The van der Waals surface area contributed by atoms with Crippen molar-refractivity contribution in [2.75, 3.05) is 19.7 Å². The number of carbonyl (C=O) groups excluding carboxylic acids is 1. The van der Waals surface area contributed by atoms with E-state index in [1.807, 2.05) is 44.3 Å². The zero-order chi connectivity index (χ0) is 15.5. The van der Waals surface area contributed by atoms with Crippen LogP contribution in [0.5, 0.6) is 0 Å². The van der Waals surface area contributed by atoms with Crippen LogP contribution in [0.15, 0.2) is 36.7 Å². The number of pyridine rings is 2. The minimum Gasteiger partial charge on any atom is -0.368 e. The topological polar surface area (TPSA) is 55.3 Å². The molecule has 1 amide bonds. The van der Waals surface area contributed by atoms with Crippen molar-refractivity contribution in [2.45, 2.75) is 20.0 Å². The summed E-state index contributed by atoms with van der Waals surface area (Å²) in [7, 11) is 0. The molecule has 1 atom stereocenters. The largest absolute Gasteiger partial charge is 0.368 e. The molecule has 5 heteroatoms. The van der Waals surface area contributed by atoms with Crippen molar-refractivity contribution in [2.24, 2.45) is 0 Å². The van der Waals surface area contributed by atoms with Gasteiger partial charge in [0.05, 0.1) is 18.8 Å². The Morgan fingerprint density at radius 2 is 2.14 bits per heavy atom. The third-order valence-corrected chi connectivity index (χ3v) is 3.83. The van der Waals surface area contributed by atoms with E-state index in [0.717, 1.165) is 16.8 Å². The Hall–Kier alpha value is -2.27. The molecular weight excluding hydrogens is 278 g/mol. The van der Waals surface area contributed by atoms with Crippen molar-refractivity contribution in [3.8, 4) is 0 Å². The van der Waals surface area contributed by atoms with Crippen molar-refractivity contribution in [3.63, 3.8) is 0 Å². The highest BCUT2D eigenvalue weighted by molar-refractivity contribution is 5.93. The van der Waals surface area contributed by atoms with Gasteiger partial charge in [-0.1, -0.05) is 12.1 Å². The van der Waals surface area contributed by atoms with Crippen LogP contribution >= 0.6 is 0 Å². The van der Waals surface area contributed by atoms with Gasteiger partial charge in [-0.15, -0.1) is 0 Å². The lowest BCUT2D eigenvalue weighted by Crippen LogP contribution is -2.43. The van der Waals surface area contributed by atoms with Gasteiger partial charge in [-0.25, -0.2) is 0 Å². The molecule has 0 N–H and O–H groups in total. The van der Waals surface area contributed by atoms with E-state index in [2.05, 4.69) is 9.97 Å². The van der Waals surface area contributed by atoms with Gasteiger partial charge in [0.1, 0.15) is 11.8 Å². The fourth-order valence-corrected chi connectivity index (χ4v) is 2.54. The number of nitrogens with zero attached hydrogens (tertiary/aromatic N) is 3. The number of aryl methyl sites for hydroxylation is 2. The maximum Gasteiger partial charge on any atom is 0.272 e. The molecule has 0 radical (unpaired) electrons. The molecule has 1 saturated heterocycles. The monoisotopic (exact) mass is 297 g/mol. The van der Waals surface area contributed by atoms with Crippen molar-refractivity contribution in [1.82, 2.24) is 14.9 Å². The molecular formula is C17H19N3O2. The first-order valence-electron chi connectivity index (χ1n) is 7.40. The average molecular weight is 297 g/mol. The van der Waals surface area contributed by atoms with E-state index >= 15 is 0 Å². The molecule has 0 spiro atoms. The van der Waals surface area contributed by atoms with Crippen LogP contribution in [0.1, 0.15) is 33.4 Å². The Labute approximate surface area is 130 Å². The zero-order valence-corrected chi connectivity index (χ0v) is 12.8. The molecule has 0 aromatic carbocycles. The molecule has 2 aromatic heterocycles. The molecule has 1 aliphatic heterocycles. The summed E-state index contributed by atoms with van der Waals surface area (Å²) in [6.07, 6.45) is 3.30. The molecule has 2 aromatic rings. The fourth-order valence-electron chi connectivity index (χ4n) is 2.54. The number of aromatic nitrogens is 2.